The van der Waals surface area contributed by atoms with Crippen molar-refractivity contribution in [2.45, 2.75) is 64.4 Å². The van der Waals surface area contributed by atoms with Crippen molar-refractivity contribution in [3.63, 3.8) is 0 Å². The average Bonchev–Trinajstić information content (AvgIpc) is 2.43. The van der Waals surface area contributed by atoms with Gasteiger partial charge in [0, 0.05) is 5.39 Å². The van der Waals surface area contributed by atoms with Crippen LogP contribution in [-0.2, 0) is 14.3 Å². The van der Waals surface area contributed by atoms with E-state index in [9.17, 15) is 8.42 Å². The maximum atomic E-state index is 12.9. The van der Waals surface area contributed by atoms with E-state index in [0.717, 1.165) is 21.9 Å². The molecule has 0 saturated carbocycles. The van der Waals surface area contributed by atoms with Crippen LogP contribution in [0, 0.1) is 0 Å². The van der Waals surface area contributed by atoms with Crippen molar-refractivity contribution in [3.8, 4) is 0 Å². The fourth-order valence-electron chi connectivity index (χ4n) is 3.00. The van der Waals surface area contributed by atoms with Crippen molar-refractivity contribution >= 4 is 50.4 Å². The second-order valence-electron chi connectivity index (χ2n) is 6.84. The Morgan fingerprint density at radius 1 is 0.917 bits per heavy atom. The van der Waals surface area contributed by atoms with Gasteiger partial charge in [-0.05, 0) is 42.2 Å². The predicted molar refractivity (Wildman–Crippen MR) is 103 cm³/mol. The third kappa shape index (κ3) is 4.41. The molecule has 0 amide bonds. The molecule has 0 heterocycles. The second-order valence-corrected chi connectivity index (χ2v) is 8.35. The van der Waals surface area contributed by atoms with Crippen molar-refractivity contribution in [3.05, 3.63) is 41.5 Å². The molecule has 0 fully saturated rings. The van der Waals surface area contributed by atoms with Gasteiger partial charge in [-0.25, -0.2) is 0 Å². The van der Waals surface area contributed by atoms with Crippen molar-refractivity contribution in [2.75, 3.05) is 0 Å². The van der Waals surface area contributed by atoms with Crippen LogP contribution in [0.1, 0.15) is 64.5 Å². The van der Waals surface area contributed by atoms with Crippen LogP contribution < -0.4 is 0 Å². The quantitative estimate of drug-likeness (QED) is 0.582. The number of hydrogen-bond acceptors (Lipinski definition) is 3. The molecule has 0 aliphatic carbocycles. The van der Waals surface area contributed by atoms with Gasteiger partial charge >= 0.3 is 29.6 Å². The summed E-state index contributed by atoms with van der Waals surface area (Å²) in [4.78, 5) is 0.336. The van der Waals surface area contributed by atoms with Gasteiger partial charge in [-0.3, -0.25) is 4.18 Å². The summed E-state index contributed by atoms with van der Waals surface area (Å²) < 4.78 is 31.2. The van der Waals surface area contributed by atoms with Gasteiger partial charge in [-0.2, -0.15) is 8.42 Å². The van der Waals surface area contributed by atoms with E-state index in [-0.39, 0.29) is 47.5 Å². The molecule has 0 bridgehead atoms. The molecule has 0 aliphatic rings. The molecule has 0 aromatic heterocycles. The third-order valence-corrected chi connectivity index (χ3v) is 5.42. The Labute approximate surface area is 168 Å². The molecule has 24 heavy (non-hydrogen) atoms. The van der Waals surface area contributed by atoms with Crippen LogP contribution in [-0.4, -0.2) is 44.1 Å². The van der Waals surface area contributed by atoms with E-state index in [1.54, 1.807) is 13.8 Å². The van der Waals surface area contributed by atoms with Crippen molar-refractivity contribution in [1.29, 1.82) is 0 Å². The van der Waals surface area contributed by atoms with E-state index < -0.39 is 10.1 Å². The first-order chi connectivity index (χ1) is 10.6. The fourth-order valence-corrected chi connectivity index (χ4v) is 4.68. The maximum absolute atomic E-state index is 12.9. The van der Waals surface area contributed by atoms with E-state index in [1.807, 2.05) is 38.1 Å². The summed E-state index contributed by atoms with van der Waals surface area (Å²) in [6, 6.07) is 9.74. The van der Waals surface area contributed by atoms with Crippen LogP contribution in [0.5, 0.6) is 0 Å². The summed E-state index contributed by atoms with van der Waals surface area (Å²) in [5.41, 5.74) is 1.95. The number of fused-ring (bicyclic) bond motifs is 1. The van der Waals surface area contributed by atoms with Gasteiger partial charge in [0.2, 0.25) is 0 Å². The molecule has 0 spiro atoms. The number of rotatable bonds is 5. The first-order valence-electron chi connectivity index (χ1n) is 8.14. The van der Waals surface area contributed by atoms with Crippen LogP contribution in [0.4, 0.5) is 0 Å². The van der Waals surface area contributed by atoms with Crippen LogP contribution in [0.2, 0.25) is 0 Å². The molecule has 0 N–H and O–H groups in total. The molecule has 128 valence electrons. The molecule has 3 nitrogen and oxygen atoms in total. The zero-order valence-corrected chi connectivity index (χ0v) is 15.6. The molecule has 0 saturated heterocycles. The summed E-state index contributed by atoms with van der Waals surface area (Å²) in [7, 11) is -3.82. The van der Waals surface area contributed by atoms with Crippen LogP contribution >= 0.6 is 0 Å². The molecule has 2 rings (SSSR count). The monoisotopic (exact) mass is 358 g/mol. The zero-order chi connectivity index (χ0) is 17.4. The molecular weight excluding hydrogens is 331 g/mol. The van der Waals surface area contributed by atoms with E-state index in [0.29, 0.717) is 4.90 Å². The topological polar surface area (TPSA) is 43.4 Å². The summed E-state index contributed by atoms with van der Waals surface area (Å²) in [5, 5.41) is 1.67. The SMILES string of the molecule is CC(C)OS(=O)(=O)c1c(C(C)C)c(C(C)C)cc2ccccc12.[NaH]. The zero-order valence-electron chi connectivity index (χ0n) is 14.8. The van der Waals surface area contributed by atoms with Gasteiger partial charge in [0.1, 0.15) is 4.90 Å². The standard InChI is InChI=1S/C19H26O3S.Na.H/c1-12(2)17-11-15-9-7-8-10-16(15)19(18(17)13(3)4)23(20,21)22-14(5)6;;/h7-14H,1-6H3;;. The Morgan fingerprint density at radius 2 is 1.50 bits per heavy atom. The first kappa shape index (κ1) is 21.7. The third-order valence-electron chi connectivity index (χ3n) is 3.84. The van der Waals surface area contributed by atoms with Gasteiger partial charge in [-0.15, -0.1) is 0 Å². The Bertz CT molecular complexity index is 809. The predicted octanol–water partition coefficient (Wildman–Crippen LogP) is 4.55. The van der Waals surface area contributed by atoms with Crippen LogP contribution in [0.3, 0.4) is 0 Å². The van der Waals surface area contributed by atoms with E-state index in [4.69, 9.17) is 4.18 Å². The summed E-state index contributed by atoms with van der Waals surface area (Å²) in [5.74, 6) is 0.336. The molecule has 0 unspecified atom stereocenters. The van der Waals surface area contributed by atoms with Gasteiger partial charge in [0.15, 0.2) is 0 Å². The Morgan fingerprint density at radius 3 is 2.00 bits per heavy atom. The van der Waals surface area contributed by atoms with E-state index in [2.05, 4.69) is 19.9 Å². The van der Waals surface area contributed by atoms with E-state index in [1.165, 1.54) is 0 Å². The van der Waals surface area contributed by atoms with E-state index >= 15 is 0 Å². The number of benzene rings is 2. The van der Waals surface area contributed by atoms with Crippen molar-refractivity contribution in [2.24, 2.45) is 0 Å². The van der Waals surface area contributed by atoms with Crippen molar-refractivity contribution < 1.29 is 12.6 Å². The van der Waals surface area contributed by atoms with Crippen LogP contribution in [0.25, 0.3) is 10.8 Å². The Hall–Kier alpha value is -0.390. The average molecular weight is 358 g/mol. The van der Waals surface area contributed by atoms with Gasteiger partial charge in [0.25, 0.3) is 10.1 Å². The second kappa shape index (κ2) is 8.33. The summed E-state index contributed by atoms with van der Waals surface area (Å²) >= 11 is 0. The van der Waals surface area contributed by atoms with Gasteiger partial charge in [-0.1, -0.05) is 58.0 Å². The molecule has 0 aliphatic heterocycles. The molecule has 0 atom stereocenters. The number of hydrogen-bond donors (Lipinski definition) is 0. The normalized spacial score (nSPS) is 12.2. The summed E-state index contributed by atoms with van der Waals surface area (Å²) in [6.45, 7) is 11.7. The first-order valence-corrected chi connectivity index (χ1v) is 9.54. The van der Waals surface area contributed by atoms with Gasteiger partial charge in [0.05, 0.1) is 6.10 Å². The molecule has 2 aromatic carbocycles. The minimum absolute atomic E-state index is 0. The molecule has 2 aromatic rings. The molecule has 0 radical (unpaired) electrons. The Balaban J connectivity index is 0.00000288. The Kier molecular flexibility index (Phi) is 7.51. The fraction of sp³-hybridized carbons (Fsp3) is 0.474. The summed E-state index contributed by atoms with van der Waals surface area (Å²) in [6.07, 6.45) is -0.388. The van der Waals surface area contributed by atoms with Gasteiger partial charge < -0.3 is 0 Å². The molecular formula is C19H27NaO3S. The van der Waals surface area contributed by atoms with Crippen molar-refractivity contribution in [1.82, 2.24) is 0 Å². The molecule has 5 heteroatoms. The van der Waals surface area contributed by atoms with Crippen LogP contribution in [0.15, 0.2) is 35.2 Å². The minimum atomic E-state index is -3.82.